The van der Waals surface area contributed by atoms with Crippen LogP contribution in [0.3, 0.4) is 0 Å². The van der Waals surface area contributed by atoms with Gasteiger partial charge in [0.25, 0.3) is 0 Å². The zero-order chi connectivity index (χ0) is 15.5. The summed E-state index contributed by atoms with van der Waals surface area (Å²) in [4.78, 5) is 0. The number of benzene rings is 1. The third-order valence-corrected chi connectivity index (χ3v) is 4.39. The van der Waals surface area contributed by atoms with E-state index in [-0.39, 0.29) is 5.92 Å². The van der Waals surface area contributed by atoms with Crippen molar-refractivity contribution in [2.45, 2.75) is 44.9 Å². The van der Waals surface area contributed by atoms with Crippen LogP contribution >= 0.6 is 11.6 Å². The summed E-state index contributed by atoms with van der Waals surface area (Å²) in [5.74, 6) is 2.07. The van der Waals surface area contributed by atoms with Crippen LogP contribution < -0.4 is 0 Å². The molecule has 22 heavy (non-hydrogen) atoms. The molecule has 4 nitrogen and oxygen atoms in total. The van der Waals surface area contributed by atoms with Gasteiger partial charge in [0, 0.05) is 24.2 Å². The number of rotatable bonds is 4. The van der Waals surface area contributed by atoms with Gasteiger partial charge in [0.2, 0.25) is 11.8 Å². The summed E-state index contributed by atoms with van der Waals surface area (Å²) >= 11 is 6.48. The second-order valence-electron chi connectivity index (χ2n) is 6.11. The lowest BCUT2D eigenvalue weighted by Gasteiger charge is -2.23. The van der Waals surface area contributed by atoms with Crippen molar-refractivity contribution in [2.24, 2.45) is 0 Å². The quantitative estimate of drug-likeness (QED) is 0.841. The number of hydrogen-bond acceptors (Lipinski definition) is 4. The standard InChI is InChI=1S/C17H21ClN2O2/c1-11(2)17-20-19-16(22-17)10-12-3-4-14(15(18)9-12)13-5-7-21-8-6-13/h3-4,9,11,13H,5-8,10H2,1-2H3. The topological polar surface area (TPSA) is 48.2 Å². The Morgan fingerprint density at radius 1 is 1.23 bits per heavy atom. The molecular weight excluding hydrogens is 300 g/mol. The summed E-state index contributed by atoms with van der Waals surface area (Å²) in [6.07, 6.45) is 2.70. The van der Waals surface area contributed by atoms with Crippen LogP contribution in [0.25, 0.3) is 0 Å². The van der Waals surface area contributed by atoms with Crippen molar-refractivity contribution in [3.63, 3.8) is 0 Å². The van der Waals surface area contributed by atoms with Crippen LogP contribution in [0.4, 0.5) is 0 Å². The van der Waals surface area contributed by atoms with E-state index in [1.54, 1.807) is 0 Å². The van der Waals surface area contributed by atoms with E-state index in [0.717, 1.165) is 36.6 Å². The van der Waals surface area contributed by atoms with E-state index in [4.69, 9.17) is 20.8 Å². The predicted octanol–water partition coefficient (Wildman–Crippen LogP) is 4.33. The van der Waals surface area contributed by atoms with Gasteiger partial charge in [-0.05, 0) is 36.0 Å². The first-order chi connectivity index (χ1) is 10.6. The lowest BCUT2D eigenvalue weighted by Crippen LogP contribution is -2.14. The summed E-state index contributed by atoms with van der Waals surface area (Å²) in [7, 11) is 0. The average molecular weight is 321 g/mol. The van der Waals surface area contributed by atoms with Crippen LogP contribution in [0.2, 0.25) is 5.02 Å². The predicted molar refractivity (Wildman–Crippen MR) is 85.4 cm³/mol. The van der Waals surface area contributed by atoms with Crippen molar-refractivity contribution < 1.29 is 9.15 Å². The van der Waals surface area contributed by atoms with Gasteiger partial charge in [-0.25, -0.2) is 0 Å². The van der Waals surface area contributed by atoms with Crippen LogP contribution in [-0.4, -0.2) is 23.4 Å². The zero-order valence-electron chi connectivity index (χ0n) is 13.0. The number of hydrogen-bond donors (Lipinski definition) is 0. The molecule has 0 amide bonds. The van der Waals surface area contributed by atoms with E-state index in [0.29, 0.717) is 24.1 Å². The summed E-state index contributed by atoms with van der Waals surface area (Å²) < 4.78 is 11.1. The molecule has 1 aliphatic heterocycles. The smallest absolute Gasteiger partial charge is 0.220 e. The summed E-state index contributed by atoms with van der Waals surface area (Å²) in [6.45, 7) is 5.72. The highest BCUT2D eigenvalue weighted by Gasteiger charge is 2.19. The first-order valence-corrected chi connectivity index (χ1v) is 8.19. The van der Waals surface area contributed by atoms with Gasteiger partial charge < -0.3 is 9.15 Å². The van der Waals surface area contributed by atoms with Crippen molar-refractivity contribution in [3.05, 3.63) is 46.1 Å². The molecule has 1 aromatic heterocycles. The van der Waals surface area contributed by atoms with Crippen molar-refractivity contribution in [1.29, 1.82) is 0 Å². The fraction of sp³-hybridized carbons (Fsp3) is 0.529. The van der Waals surface area contributed by atoms with E-state index in [1.807, 2.05) is 19.9 Å². The number of ether oxygens (including phenoxy) is 1. The second-order valence-corrected chi connectivity index (χ2v) is 6.52. The van der Waals surface area contributed by atoms with E-state index < -0.39 is 0 Å². The van der Waals surface area contributed by atoms with Gasteiger partial charge in [0.05, 0.1) is 6.42 Å². The molecule has 1 saturated heterocycles. The Hall–Kier alpha value is -1.39. The maximum absolute atomic E-state index is 6.48. The molecule has 0 radical (unpaired) electrons. The number of nitrogens with zero attached hydrogens (tertiary/aromatic N) is 2. The van der Waals surface area contributed by atoms with Crippen LogP contribution in [0.15, 0.2) is 22.6 Å². The molecule has 2 aromatic rings. The minimum absolute atomic E-state index is 0.251. The summed E-state index contributed by atoms with van der Waals surface area (Å²) in [5.41, 5.74) is 2.32. The number of halogens is 1. The summed E-state index contributed by atoms with van der Waals surface area (Å²) in [5, 5.41) is 8.99. The average Bonchev–Trinajstić information content (AvgIpc) is 2.97. The largest absolute Gasteiger partial charge is 0.425 e. The molecule has 2 heterocycles. The van der Waals surface area contributed by atoms with E-state index in [2.05, 4.69) is 22.3 Å². The third-order valence-electron chi connectivity index (χ3n) is 4.06. The van der Waals surface area contributed by atoms with Crippen LogP contribution in [-0.2, 0) is 11.2 Å². The molecule has 0 N–H and O–H groups in total. The maximum atomic E-state index is 6.48. The van der Waals surface area contributed by atoms with E-state index in [1.165, 1.54) is 5.56 Å². The Morgan fingerprint density at radius 3 is 2.64 bits per heavy atom. The molecule has 3 rings (SSSR count). The Balaban J connectivity index is 1.73. The second kappa shape index (κ2) is 6.80. The first-order valence-electron chi connectivity index (χ1n) is 7.82. The van der Waals surface area contributed by atoms with Gasteiger partial charge in [-0.3, -0.25) is 0 Å². The number of aromatic nitrogens is 2. The Morgan fingerprint density at radius 2 is 2.00 bits per heavy atom. The van der Waals surface area contributed by atoms with Gasteiger partial charge in [0.15, 0.2) is 0 Å². The van der Waals surface area contributed by atoms with Crippen molar-refractivity contribution in [2.75, 3.05) is 13.2 Å². The van der Waals surface area contributed by atoms with Crippen LogP contribution in [0.1, 0.15) is 61.4 Å². The lowest BCUT2D eigenvalue weighted by atomic mass is 9.91. The molecule has 5 heteroatoms. The minimum Gasteiger partial charge on any atom is -0.425 e. The maximum Gasteiger partial charge on any atom is 0.220 e. The molecule has 0 spiro atoms. The molecule has 0 unspecified atom stereocenters. The Bertz CT molecular complexity index is 633. The van der Waals surface area contributed by atoms with Crippen LogP contribution in [0.5, 0.6) is 0 Å². The highest BCUT2D eigenvalue weighted by atomic mass is 35.5. The highest BCUT2D eigenvalue weighted by molar-refractivity contribution is 6.31. The van der Waals surface area contributed by atoms with E-state index >= 15 is 0 Å². The molecule has 1 aliphatic rings. The van der Waals surface area contributed by atoms with Crippen molar-refractivity contribution in [1.82, 2.24) is 10.2 Å². The van der Waals surface area contributed by atoms with Crippen molar-refractivity contribution in [3.8, 4) is 0 Å². The van der Waals surface area contributed by atoms with Gasteiger partial charge in [0.1, 0.15) is 0 Å². The Labute approximate surface area is 135 Å². The molecule has 0 bridgehead atoms. The normalized spacial score (nSPS) is 16.4. The minimum atomic E-state index is 0.251. The highest BCUT2D eigenvalue weighted by Crippen LogP contribution is 2.33. The van der Waals surface area contributed by atoms with Gasteiger partial charge >= 0.3 is 0 Å². The molecular formula is C17H21ClN2O2. The molecule has 1 aromatic carbocycles. The zero-order valence-corrected chi connectivity index (χ0v) is 13.8. The fourth-order valence-corrected chi connectivity index (χ4v) is 3.12. The fourth-order valence-electron chi connectivity index (χ4n) is 2.77. The van der Waals surface area contributed by atoms with Gasteiger partial charge in [-0.15, -0.1) is 10.2 Å². The molecule has 0 aliphatic carbocycles. The van der Waals surface area contributed by atoms with Crippen LogP contribution in [0, 0.1) is 0 Å². The van der Waals surface area contributed by atoms with Crippen molar-refractivity contribution >= 4 is 11.6 Å². The molecule has 1 fully saturated rings. The first kappa shape index (κ1) is 15.5. The third kappa shape index (κ3) is 3.50. The van der Waals surface area contributed by atoms with E-state index in [9.17, 15) is 0 Å². The summed E-state index contributed by atoms with van der Waals surface area (Å²) in [6, 6.07) is 6.26. The molecule has 0 atom stereocenters. The van der Waals surface area contributed by atoms with Gasteiger partial charge in [-0.2, -0.15) is 0 Å². The Kier molecular flexibility index (Phi) is 4.79. The lowest BCUT2D eigenvalue weighted by molar-refractivity contribution is 0.0853. The molecule has 0 saturated carbocycles. The van der Waals surface area contributed by atoms with Gasteiger partial charge in [-0.1, -0.05) is 37.6 Å². The molecule has 118 valence electrons. The monoisotopic (exact) mass is 320 g/mol. The SMILES string of the molecule is CC(C)c1nnc(Cc2ccc(C3CCOCC3)c(Cl)c2)o1.